The second-order valence-electron chi connectivity index (χ2n) is 7.12. The normalized spacial score (nSPS) is 14.9. The molecule has 3 aromatic rings. The fourth-order valence-electron chi connectivity index (χ4n) is 3.71. The second kappa shape index (κ2) is 8.83. The van der Waals surface area contributed by atoms with Crippen LogP contribution in [0, 0.1) is 0 Å². The Morgan fingerprint density at radius 3 is 2.27 bits per heavy atom. The fraction of sp³-hybridized carbons (Fsp3) is 0.148. The van der Waals surface area contributed by atoms with Crippen LogP contribution in [0.5, 0.6) is 5.75 Å². The van der Waals surface area contributed by atoms with Gasteiger partial charge in [0.25, 0.3) is 5.91 Å². The summed E-state index contributed by atoms with van der Waals surface area (Å²) in [7, 11) is 0. The summed E-state index contributed by atoms with van der Waals surface area (Å²) in [4.78, 5) is 15.4. The van der Waals surface area contributed by atoms with E-state index in [1.165, 1.54) is 0 Å². The summed E-state index contributed by atoms with van der Waals surface area (Å²) in [5.41, 5.74) is 5.65. The number of hydrogen-bond acceptors (Lipinski definition) is 2. The molecule has 0 N–H and O–H groups in total. The fourth-order valence-corrected chi connectivity index (χ4v) is 3.71. The van der Waals surface area contributed by atoms with Crippen LogP contribution in [0.25, 0.3) is 11.8 Å². The number of rotatable bonds is 6. The van der Waals surface area contributed by atoms with Crippen molar-refractivity contribution < 1.29 is 9.53 Å². The van der Waals surface area contributed by atoms with E-state index in [0.29, 0.717) is 12.2 Å². The van der Waals surface area contributed by atoms with E-state index in [9.17, 15) is 4.79 Å². The van der Waals surface area contributed by atoms with Gasteiger partial charge < -0.3 is 4.74 Å². The summed E-state index contributed by atoms with van der Waals surface area (Å²) < 4.78 is 5.52. The number of hydrogen-bond donors (Lipinski definition) is 0. The van der Waals surface area contributed by atoms with Crippen molar-refractivity contribution in [2.75, 3.05) is 11.5 Å². The van der Waals surface area contributed by atoms with Crippen molar-refractivity contribution >= 4 is 23.4 Å². The second-order valence-corrected chi connectivity index (χ2v) is 7.12. The monoisotopic (exact) mass is 395 g/mol. The number of nitrogens with zero attached hydrogens (tertiary/aromatic N) is 1. The SMILES string of the molecule is CCOc1ccc(/C=C2\C=C(c3ccccc3)N(c3ccccc3CC)C2=O)cc1. The third-order valence-corrected chi connectivity index (χ3v) is 5.18. The Morgan fingerprint density at radius 2 is 1.57 bits per heavy atom. The molecule has 150 valence electrons. The molecule has 0 fully saturated rings. The first-order valence-electron chi connectivity index (χ1n) is 10.3. The molecule has 0 bridgehead atoms. The van der Waals surface area contributed by atoms with E-state index >= 15 is 0 Å². The van der Waals surface area contributed by atoms with Crippen molar-refractivity contribution in [1.82, 2.24) is 0 Å². The molecule has 0 radical (unpaired) electrons. The molecule has 30 heavy (non-hydrogen) atoms. The van der Waals surface area contributed by atoms with Crippen LogP contribution < -0.4 is 9.64 Å². The van der Waals surface area contributed by atoms with Gasteiger partial charge in [0.2, 0.25) is 0 Å². The van der Waals surface area contributed by atoms with E-state index < -0.39 is 0 Å². The van der Waals surface area contributed by atoms with Gasteiger partial charge in [-0.1, -0.05) is 67.6 Å². The van der Waals surface area contributed by atoms with Gasteiger partial charge in [-0.05, 0) is 60.4 Å². The molecular weight excluding hydrogens is 370 g/mol. The molecule has 3 aromatic carbocycles. The van der Waals surface area contributed by atoms with Crippen LogP contribution in [-0.2, 0) is 11.2 Å². The highest BCUT2D eigenvalue weighted by molar-refractivity contribution is 6.23. The number of benzene rings is 3. The zero-order chi connectivity index (χ0) is 20.9. The number of amides is 1. The summed E-state index contributed by atoms with van der Waals surface area (Å²) in [6.45, 7) is 4.71. The number of anilines is 1. The topological polar surface area (TPSA) is 29.5 Å². The van der Waals surface area contributed by atoms with E-state index in [4.69, 9.17) is 4.74 Å². The first-order valence-corrected chi connectivity index (χ1v) is 10.3. The molecule has 1 aliphatic rings. The molecule has 0 spiro atoms. The summed E-state index contributed by atoms with van der Waals surface area (Å²) in [5.74, 6) is 0.819. The highest BCUT2D eigenvalue weighted by Gasteiger charge is 2.31. The van der Waals surface area contributed by atoms with Crippen molar-refractivity contribution in [2.24, 2.45) is 0 Å². The molecule has 0 saturated heterocycles. The van der Waals surface area contributed by atoms with Gasteiger partial charge in [-0.2, -0.15) is 0 Å². The van der Waals surface area contributed by atoms with Crippen LogP contribution in [-0.4, -0.2) is 12.5 Å². The van der Waals surface area contributed by atoms with E-state index in [1.807, 2.05) is 96.8 Å². The molecule has 0 saturated carbocycles. The Kier molecular flexibility index (Phi) is 5.80. The molecule has 1 amide bonds. The van der Waals surface area contributed by atoms with Crippen LogP contribution in [0.1, 0.15) is 30.5 Å². The number of ether oxygens (including phenoxy) is 1. The van der Waals surface area contributed by atoms with Crippen molar-refractivity contribution in [2.45, 2.75) is 20.3 Å². The van der Waals surface area contributed by atoms with Gasteiger partial charge in [-0.15, -0.1) is 0 Å². The first-order chi connectivity index (χ1) is 14.7. The van der Waals surface area contributed by atoms with Crippen molar-refractivity contribution in [3.8, 4) is 5.75 Å². The van der Waals surface area contributed by atoms with Gasteiger partial charge >= 0.3 is 0 Å². The summed E-state index contributed by atoms with van der Waals surface area (Å²) in [6, 6.07) is 26.0. The van der Waals surface area contributed by atoms with Crippen molar-refractivity contribution in [3.05, 3.63) is 107 Å². The average Bonchev–Trinajstić information content (AvgIpc) is 3.11. The minimum Gasteiger partial charge on any atom is -0.494 e. The Bertz CT molecular complexity index is 1100. The smallest absolute Gasteiger partial charge is 0.262 e. The van der Waals surface area contributed by atoms with Crippen molar-refractivity contribution in [1.29, 1.82) is 0 Å². The zero-order valence-corrected chi connectivity index (χ0v) is 17.3. The number of carbonyl (C=O) groups is 1. The standard InChI is InChI=1S/C27H25NO2/c1-3-21-10-8-9-13-25(21)28-26(22-11-6-5-7-12-22)19-23(27(28)29)18-20-14-16-24(17-15-20)30-4-2/h5-19H,3-4H2,1-2H3/b23-18+. The lowest BCUT2D eigenvalue weighted by molar-refractivity contribution is -0.113. The molecule has 3 nitrogen and oxygen atoms in total. The highest BCUT2D eigenvalue weighted by atomic mass is 16.5. The van der Waals surface area contributed by atoms with Crippen LogP contribution in [0.15, 0.2) is 90.5 Å². The van der Waals surface area contributed by atoms with Gasteiger partial charge in [-0.3, -0.25) is 9.69 Å². The maximum Gasteiger partial charge on any atom is 0.262 e. The minimum atomic E-state index is -0.0105. The Balaban J connectivity index is 1.78. The van der Waals surface area contributed by atoms with Gasteiger partial charge in [0.1, 0.15) is 5.75 Å². The number of aryl methyl sites for hydroxylation is 1. The predicted octanol–water partition coefficient (Wildman–Crippen LogP) is 6.12. The quantitative estimate of drug-likeness (QED) is 0.471. The summed E-state index contributed by atoms with van der Waals surface area (Å²) in [6.07, 6.45) is 4.79. The maximum atomic E-state index is 13.5. The van der Waals surface area contributed by atoms with Crippen LogP contribution in [0.2, 0.25) is 0 Å². The zero-order valence-electron chi connectivity index (χ0n) is 17.3. The van der Waals surface area contributed by atoms with Crippen molar-refractivity contribution in [3.63, 3.8) is 0 Å². The van der Waals surface area contributed by atoms with E-state index in [1.54, 1.807) is 0 Å². The number of carbonyl (C=O) groups excluding carboxylic acids is 1. The van der Waals surface area contributed by atoms with Gasteiger partial charge in [0, 0.05) is 5.57 Å². The molecule has 4 rings (SSSR count). The van der Waals surface area contributed by atoms with Crippen LogP contribution >= 0.6 is 0 Å². The van der Waals surface area contributed by atoms with Gasteiger partial charge in [-0.25, -0.2) is 0 Å². The van der Waals surface area contributed by atoms with E-state index in [0.717, 1.165) is 40.2 Å². The molecule has 1 aliphatic heterocycles. The summed E-state index contributed by atoms with van der Waals surface area (Å²) in [5, 5.41) is 0. The molecule has 1 heterocycles. The first kappa shape index (κ1) is 19.7. The molecule has 0 atom stereocenters. The van der Waals surface area contributed by atoms with Crippen LogP contribution in [0.4, 0.5) is 5.69 Å². The summed E-state index contributed by atoms with van der Waals surface area (Å²) >= 11 is 0. The molecule has 0 unspecified atom stereocenters. The molecule has 3 heteroatoms. The third-order valence-electron chi connectivity index (χ3n) is 5.18. The van der Waals surface area contributed by atoms with E-state index in [-0.39, 0.29) is 5.91 Å². The lowest BCUT2D eigenvalue weighted by Gasteiger charge is -2.23. The minimum absolute atomic E-state index is 0.0105. The van der Waals surface area contributed by atoms with Gasteiger partial charge in [0.05, 0.1) is 18.0 Å². The highest BCUT2D eigenvalue weighted by Crippen LogP contribution is 2.37. The Hall–Kier alpha value is -3.59. The Morgan fingerprint density at radius 1 is 0.867 bits per heavy atom. The van der Waals surface area contributed by atoms with E-state index in [2.05, 4.69) is 13.0 Å². The molecular formula is C27H25NO2. The lowest BCUT2D eigenvalue weighted by atomic mass is 10.1. The third kappa shape index (κ3) is 3.92. The number of para-hydroxylation sites is 1. The largest absolute Gasteiger partial charge is 0.494 e. The maximum absolute atomic E-state index is 13.5. The van der Waals surface area contributed by atoms with Crippen LogP contribution in [0.3, 0.4) is 0 Å². The molecule has 0 aliphatic carbocycles. The molecule has 0 aromatic heterocycles. The lowest BCUT2D eigenvalue weighted by Crippen LogP contribution is -2.26. The average molecular weight is 396 g/mol. The Labute approximate surface area is 177 Å². The van der Waals surface area contributed by atoms with Gasteiger partial charge in [0.15, 0.2) is 0 Å². The predicted molar refractivity (Wildman–Crippen MR) is 123 cm³/mol.